The lowest BCUT2D eigenvalue weighted by Crippen LogP contribution is -1.96. The van der Waals surface area contributed by atoms with Gasteiger partial charge in [-0.05, 0) is 44.9 Å². The summed E-state index contributed by atoms with van der Waals surface area (Å²) in [4.78, 5) is 0. The second-order valence-corrected chi connectivity index (χ2v) is 4.39. The van der Waals surface area contributed by atoms with Gasteiger partial charge in [0, 0.05) is 0 Å². The molecule has 13 heavy (non-hydrogen) atoms. The lowest BCUT2D eigenvalue weighted by Gasteiger charge is -2.09. The first-order chi connectivity index (χ1) is 6.22. The Balaban J connectivity index is 2.29. The maximum atomic E-state index is 2.36. The molecule has 0 N–H and O–H groups in total. The van der Waals surface area contributed by atoms with E-state index in [1.54, 1.807) is 0 Å². The molecule has 0 radical (unpaired) electrons. The molecule has 0 amide bonds. The van der Waals surface area contributed by atoms with Gasteiger partial charge in [-0.2, -0.15) is 0 Å². The van der Waals surface area contributed by atoms with Gasteiger partial charge in [0.25, 0.3) is 0 Å². The minimum absolute atomic E-state index is 0.721. The van der Waals surface area contributed by atoms with E-state index in [0.29, 0.717) is 0 Å². The highest BCUT2D eigenvalue weighted by Gasteiger charge is 2.39. The molecule has 0 heterocycles. The summed E-state index contributed by atoms with van der Waals surface area (Å²) in [6.07, 6.45) is 13.8. The highest BCUT2D eigenvalue weighted by Crippen LogP contribution is 2.52. The maximum Gasteiger partial charge on any atom is -0.0263 e. The summed E-state index contributed by atoms with van der Waals surface area (Å²) in [5.41, 5.74) is 2.10. The van der Waals surface area contributed by atoms with Crippen LogP contribution in [0.2, 0.25) is 0 Å². The zero-order chi connectivity index (χ0) is 9.73. The van der Waals surface area contributed by atoms with Crippen LogP contribution in [-0.4, -0.2) is 0 Å². The summed E-state index contributed by atoms with van der Waals surface area (Å²) in [6, 6.07) is 0. The fourth-order valence-electron chi connectivity index (χ4n) is 1.85. The molecule has 0 bridgehead atoms. The van der Waals surface area contributed by atoms with Crippen LogP contribution in [0, 0.1) is 5.41 Å². The second kappa shape index (κ2) is 4.64. The third-order valence-electron chi connectivity index (χ3n) is 3.12. The molecule has 1 fully saturated rings. The lowest BCUT2D eigenvalue weighted by molar-refractivity contribution is 0.466. The molecule has 0 nitrogen and oxygen atoms in total. The van der Waals surface area contributed by atoms with Gasteiger partial charge in [0.2, 0.25) is 0 Å². The fraction of sp³-hybridized carbons (Fsp3) is 0.692. The van der Waals surface area contributed by atoms with Crippen molar-refractivity contribution in [1.29, 1.82) is 0 Å². The van der Waals surface area contributed by atoms with E-state index in [9.17, 15) is 0 Å². The molecule has 1 aliphatic rings. The third-order valence-corrected chi connectivity index (χ3v) is 3.12. The Morgan fingerprint density at radius 2 is 2.08 bits per heavy atom. The molecule has 0 aromatic rings. The molecule has 0 saturated heterocycles. The van der Waals surface area contributed by atoms with Gasteiger partial charge in [0.05, 0.1) is 0 Å². The smallest absolute Gasteiger partial charge is 0.0263 e. The quantitative estimate of drug-likeness (QED) is 0.544. The van der Waals surface area contributed by atoms with E-state index in [4.69, 9.17) is 0 Å². The highest BCUT2D eigenvalue weighted by atomic mass is 14.4. The van der Waals surface area contributed by atoms with E-state index in [1.807, 2.05) is 0 Å². The van der Waals surface area contributed by atoms with Gasteiger partial charge in [-0.1, -0.05) is 37.1 Å². The Morgan fingerprint density at radius 1 is 1.38 bits per heavy atom. The van der Waals surface area contributed by atoms with Crippen LogP contribution in [0.25, 0.3) is 0 Å². The molecular formula is C13H22. The molecule has 1 aliphatic carbocycles. The van der Waals surface area contributed by atoms with E-state index < -0.39 is 0 Å². The normalized spacial score (nSPS) is 21.0. The SMILES string of the molecule is CC=C(C)C=CCC1(CCC)CC1. The summed E-state index contributed by atoms with van der Waals surface area (Å²) in [5.74, 6) is 0. The molecule has 0 heteroatoms. The van der Waals surface area contributed by atoms with E-state index in [2.05, 4.69) is 39.0 Å². The zero-order valence-electron chi connectivity index (χ0n) is 9.27. The molecule has 0 atom stereocenters. The fourth-order valence-corrected chi connectivity index (χ4v) is 1.85. The van der Waals surface area contributed by atoms with Crippen LogP contribution in [0.15, 0.2) is 23.8 Å². The van der Waals surface area contributed by atoms with E-state index >= 15 is 0 Å². The van der Waals surface area contributed by atoms with E-state index in [1.165, 1.54) is 37.7 Å². The lowest BCUT2D eigenvalue weighted by atomic mass is 9.96. The van der Waals surface area contributed by atoms with Gasteiger partial charge < -0.3 is 0 Å². The minimum atomic E-state index is 0.721. The molecule has 0 aromatic carbocycles. The topological polar surface area (TPSA) is 0 Å². The zero-order valence-corrected chi connectivity index (χ0v) is 9.27. The summed E-state index contributed by atoms with van der Waals surface area (Å²) in [7, 11) is 0. The van der Waals surface area contributed by atoms with Gasteiger partial charge in [-0.25, -0.2) is 0 Å². The first kappa shape index (κ1) is 10.6. The Kier molecular flexibility index (Phi) is 3.77. The minimum Gasteiger partial charge on any atom is -0.0847 e. The average Bonchev–Trinajstić information content (AvgIpc) is 2.86. The third kappa shape index (κ3) is 3.38. The Labute approximate surface area is 82.7 Å². The summed E-state index contributed by atoms with van der Waals surface area (Å²) >= 11 is 0. The Morgan fingerprint density at radius 3 is 2.54 bits per heavy atom. The molecule has 0 unspecified atom stereocenters. The predicted molar refractivity (Wildman–Crippen MR) is 59.8 cm³/mol. The van der Waals surface area contributed by atoms with Crippen molar-refractivity contribution in [3.63, 3.8) is 0 Å². The van der Waals surface area contributed by atoms with Crippen LogP contribution < -0.4 is 0 Å². The van der Waals surface area contributed by atoms with Crippen LogP contribution in [0.1, 0.15) is 52.9 Å². The average molecular weight is 178 g/mol. The van der Waals surface area contributed by atoms with Gasteiger partial charge in [-0.3, -0.25) is 0 Å². The van der Waals surface area contributed by atoms with Crippen LogP contribution in [0.3, 0.4) is 0 Å². The molecule has 74 valence electrons. The van der Waals surface area contributed by atoms with E-state index in [-0.39, 0.29) is 0 Å². The molecule has 0 spiro atoms. The van der Waals surface area contributed by atoms with Crippen molar-refractivity contribution in [1.82, 2.24) is 0 Å². The Hall–Kier alpha value is -0.520. The number of hydrogen-bond acceptors (Lipinski definition) is 0. The largest absolute Gasteiger partial charge is 0.0847 e. The molecular weight excluding hydrogens is 156 g/mol. The monoisotopic (exact) mass is 178 g/mol. The van der Waals surface area contributed by atoms with Crippen LogP contribution in [-0.2, 0) is 0 Å². The van der Waals surface area contributed by atoms with E-state index in [0.717, 1.165) is 5.41 Å². The number of hydrogen-bond donors (Lipinski definition) is 0. The molecule has 0 aromatic heterocycles. The Bertz CT molecular complexity index is 204. The van der Waals surface area contributed by atoms with Gasteiger partial charge in [0.1, 0.15) is 0 Å². The standard InChI is InChI=1S/C13H22/c1-4-8-13(10-11-13)9-6-7-12(3)5-2/h5-7H,4,8-11H2,1-3H3. The number of allylic oxidation sites excluding steroid dienone is 4. The van der Waals surface area contributed by atoms with Crippen molar-refractivity contribution in [2.75, 3.05) is 0 Å². The first-order valence-electron chi connectivity index (χ1n) is 5.52. The summed E-state index contributed by atoms with van der Waals surface area (Å²) < 4.78 is 0. The number of rotatable bonds is 5. The highest BCUT2D eigenvalue weighted by molar-refractivity contribution is 5.16. The van der Waals surface area contributed by atoms with Crippen LogP contribution in [0.5, 0.6) is 0 Å². The van der Waals surface area contributed by atoms with Gasteiger partial charge in [0.15, 0.2) is 0 Å². The molecule has 1 saturated carbocycles. The summed E-state index contributed by atoms with van der Waals surface area (Å²) in [5, 5.41) is 0. The van der Waals surface area contributed by atoms with Crippen molar-refractivity contribution < 1.29 is 0 Å². The second-order valence-electron chi connectivity index (χ2n) is 4.39. The van der Waals surface area contributed by atoms with Gasteiger partial charge >= 0.3 is 0 Å². The van der Waals surface area contributed by atoms with Crippen LogP contribution >= 0.6 is 0 Å². The van der Waals surface area contributed by atoms with Crippen molar-refractivity contribution in [2.24, 2.45) is 5.41 Å². The predicted octanol–water partition coefficient (Wildman–Crippen LogP) is 4.48. The van der Waals surface area contributed by atoms with Crippen molar-refractivity contribution in [3.05, 3.63) is 23.8 Å². The summed E-state index contributed by atoms with van der Waals surface area (Å²) in [6.45, 7) is 6.55. The van der Waals surface area contributed by atoms with Crippen molar-refractivity contribution in [3.8, 4) is 0 Å². The maximum absolute atomic E-state index is 2.36. The van der Waals surface area contributed by atoms with Crippen LogP contribution in [0.4, 0.5) is 0 Å². The van der Waals surface area contributed by atoms with Crippen molar-refractivity contribution >= 4 is 0 Å². The first-order valence-corrected chi connectivity index (χ1v) is 5.52. The van der Waals surface area contributed by atoms with Gasteiger partial charge in [-0.15, -0.1) is 0 Å². The molecule has 1 rings (SSSR count). The van der Waals surface area contributed by atoms with Crippen molar-refractivity contribution in [2.45, 2.75) is 52.9 Å². The molecule has 0 aliphatic heterocycles.